The lowest BCUT2D eigenvalue weighted by molar-refractivity contribution is -0.272. The van der Waals surface area contributed by atoms with Crippen molar-refractivity contribution in [3.05, 3.63) is 0 Å². The smallest absolute Gasteiger partial charge is 0.247 e. The van der Waals surface area contributed by atoms with E-state index in [1.165, 1.54) is 0 Å². The van der Waals surface area contributed by atoms with Gasteiger partial charge in [-0.25, -0.2) is 19.4 Å². The van der Waals surface area contributed by atoms with Crippen molar-refractivity contribution in [2.75, 3.05) is 0 Å². The fourth-order valence-electron chi connectivity index (χ4n) is 3.17. The van der Waals surface area contributed by atoms with Crippen LogP contribution in [0.1, 0.15) is 105 Å². The van der Waals surface area contributed by atoms with Gasteiger partial charge in [0.05, 0.1) is 5.41 Å². The van der Waals surface area contributed by atoms with Crippen LogP contribution < -0.4 is 0 Å². The molecular formula is C20H36O6. The van der Waals surface area contributed by atoms with Gasteiger partial charge in [0, 0.05) is 6.42 Å². The fourth-order valence-corrected chi connectivity index (χ4v) is 3.17. The average molecular weight is 373 g/mol. The molecule has 1 heterocycles. The van der Waals surface area contributed by atoms with Crippen LogP contribution >= 0.6 is 0 Å². The zero-order valence-electron chi connectivity index (χ0n) is 16.9. The topological polar surface area (TPSA) is 77.7 Å². The first-order valence-corrected chi connectivity index (χ1v) is 10.3. The average Bonchev–Trinajstić information content (AvgIpc) is 3.45. The molecule has 0 aromatic heterocycles. The van der Waals surface area contributed by atoms with E-state index in [9.17, 15) is 9.59 Å². The Kier molecular flexibility index (Phi) is 10.2. The second-order valence-electron chi connectivity index (χ2n) is 7.36. The molecule has 0 atom stereocenters. The normalized spacial score (nSPS) is 15.5. The maximum absolute atomic E-state index is 12.9. The highest BCUT2D eigenvalue weighted by Crippen LogP contribution is 2.39. The maximum atomic E-state index is 12.9. The maximum Gasteiger partial charge on any atom is 0.420 e. The summed E-state index contributed by atoms with van der Waals surface area (Å²) in [5.41, 5.74) is -0.579. The Labute approximate surface area is 157 Å². The van der Waals surface area contributed by atoms with Gasteiger partial charge in [0.15, 0.2) is 0 Å². The Bertz CT molecular complexity index is 408. The van der Waals surface area contributed by atoms with Gasteiger partial charge >= 0.3 is 17.7 Å². The third-order valence-electron chi connectivity index (χ3n) is 5.11. The summed E-state index contributed by atoms with van der Waals surface area (Å²) in [6, 6.07) is 0. The first-order chi connectivity index (χ1) is 12.5. The van der Waals surface area contributed by atoms with Crippen molar-refractivity contribution in [2.24, 2.45) is 5.41 Å². The molecular weight excluding hydrogens is 336 g/mol. The minimum absolute atomic E-state index is 0.395. The molecule has 1 fully saturated rings. The third kappa shape index (κ3) is 6.54. The number of unbranched alkanes of at least 4 members (excludes halogenated alkanes) is 4. The lowest BCUT2D eigenvalue weighted by atomic mass is 9.74. The number of hydrogen-bond donors (Lipinski definition) is 0. The van der Waals surface area contributed by atoms with Gasteiger partial charge in [-0.15, -0.1) is 0 Å². The third-order valence-corrected chi connectivity index (χ3v) is 5.11. The van der Waals surface area contributed by atoms with Gasteiger partial charge in [-0.1, -0.05) is 72.6 Å². The van der Waals surface area contributed by atoms with Gasteiger partial charge in [-0.3, -0.25) is 0 Å². The van der Waals surface area contributed by atoms with Crippen molar-refractivity contribution in [3.8, 4) is 0 Å². The number of carbonyl (C=O) groups is 2. The minimum atomic E-state index is -1.38. The molecule has 1 rings (SSSR count). The van der Waals surface area contributed by atoms with E-state index >= 15 is 0 Å². The van der Waals surface area contributed by atoms with E-state index in [1.54, 1.807) is 0 Å². The first-order valence-electron chi connectivity index (χ1n) is 10.3. The standard InChI is InChI=1S/C20H36O6/c1-5-9-13-19(14-10-6-2,15-11-7-3)17(21)23-24-18(22)20(25-26-20)16-12-8-4/h5-16H2,1-4H3. The van der Waals surface area contributed by atoms with Gasteiger partial charge in [0.1, 0.15) is 0 Å². The van der Waals surface area contributed by atoms with E-state index in [0.29, 0.717) is 6.42 Å². The van der Waals surface area contributed by atoms with Crippen LogP contribution in [0.2, 0.25) is 0 Å². The molecule has 0 aromatic carbocycles. The fraction of sp³-hybridized carbons (Fsp3) is 0.900. The van der Waals surface area contributed by atoms with E-state index in [-0.39, 0.29) is 0 Å². The molecule has 0 N–H and O–H groups in total. The van der Waals surface area contributed by atoms with E-state index in [4.69, 9.17) is 19.6 Å². The number of carbonyl (C=O) groups excluding carboxylic acids is 2. The van der Waals surface area contributed by atoms with E-state index in [1.807, 2.05) is 6.92 Å². The molecule has 1 aliphatic heterocycles. The largest absolute Gasteiger partial charge is 0.420 e. The molecule has 0 spiro atoms. The molecule has 0 radical (unpaired) electrons. The van der Waals surface area contributed by atoms with Crippen molar-refractivity contribution in [1.82, 2.24) is 0 Å². The predicted octanol–water partition coefficient (Wildman–Crippen LogP) is 5.39. The van der Waals surface area contributed by atoms with Crippen LogP contribution in [0.4, 0.5) is 0 Å². The highest BCUT2D eigenvalue weighted by molar-refractivity contribution is 5.81. The summed E-state index contributed by atoms with van der Waals surface area (Å²) in [5.74, 6) is -2.60. The lowest BCUT2D eigenvalue weighted by Crippen LogP contribution is -2.36. The van der Waals surface area contributed by atoms with E-state index in [0.717, 1.165) is 70.6 Å². The summed E-state index contributed by atoms with van der Waals surface area (Å²) in [4.78, 5) is 44.5. The Morgan fingerprint density at radius 1 is 0.769 bits per heavy atom. The monoisotopic (exact) mass is 372 g/mol. The van der Waals surface area contributed by atoms with Crippen molar-refractivity contribution in [2.45, 2.75) is 111 Å². The molecule has 0 bridgehead atoms. The van der Waals surface area contributed by atoms with Crippen LogP contribution in [0.3, 0.4) is 0 Å². The van der Waals surface area contributed by atoms with Gasteiger partial charge in [-0.2, -0.15) is 9.78 Å². The minimum Gasteiger partial charge on any atom is -0.247 e. The summed E-state index contributed by atoms with van der Waals surface area (Å²) in [7, 11) is 0. The summed E-state index contributed by atoms with van der Waals surface area (Å²) in [6.07, 6.45) is 10.2. The van der Waals surface area contributed by atoms with Crippen molar-refractivity contribution in [1.29, 1.82) is 0 Å². The molecule has 0 saturated carbocycles. The molecule has 0 aliphatic carbocycles. The molecule has 26 heavy (non-hydrogen) atoms. The predicted molar refractivity (Wildman–Crippen MR) is 97.6 cm³/mol. The highest BCUT2D eigenvalue weighted by Gasteiger charge is 2.59. The molecule has 0 unspecified atom stereocenters. The zero-order valence-corrected chi connectivity index (χ0v) is 16.9. The van der Waals surface area contributed by atoms with Crippen LogP contribution in [-0.4, -0.2) is 17.7 Å². The Morgan fingerprint density at radius 3 is 1.62 bits per heavy atom. The van der Waals surface area contributed by atoms with E-state index < -0.39 is 23.1 Å². The highest BCUT2D eigenvalue weighted by atomic mass is 17.4. The second kappa shape index (κ2) is 11.5. The number of hydrogen-bond acceptors (Lipinski definition) is 6. The Morgan fingerprint density at radius 2 is 1.23 bits per heavy atom. The molecule has 152 valence electrons. The molecule has 6 nitrogen and oxygen atoms in total. The van der Waals surface area contributed by atoms with Gasteiger partial charge in [-0.05, 0) is 25.7 Å². The quantitative estimate of drug-likeness (QED) is 0.231. The number of rotatable bonds is 14. The van der Waals surface area contributed by atoms with Gasteiger partial charge in [0.25, 0.3) is 0 Å². The van der Waals surface area contributed by atoms with Crippen molar-refractivity contribution in [3.63, 3.8) is 0 Å². The van der Waals surface area contributed by atoms with E-state index in [2.05, 4.69) is 20.8 Å². The summed E-state index contributed by atoms with van der Waals surface area (Å²) in [5, 5.41) is 0. The first kappa shape index (κ1) is 22.9. The second-order valence-corrected chi connectivity index (χ2v) is 7.36. The van der Waals surface area contributed by atoms with Gasteiger partial charge < -0.3 is 0 Å². The zero-order chi connectivity index (χ0) is 19.5. The SMILES string of the molecule is CCCCC(CCCC)(CCCC)C(=O)OOC(=O)C1(CCCC)OO1. The molecule has 0 aromatic rings. The summed E-state index contributed by atoms with van der Waals surface area (Å²) < 4.78 is 0. The van der Waals surface area contributed by atoms with Crippen LogP contribution in [0.25, 0.3) is 0 Å². The summed E-state index contributed by atoms with van der Waals surface area (Å²) in [6.45, 7) is 8.32. The molecule has 6 heteroatoms. The van der Waals surface area contributed by atoms with Gasteiger partial charge in [0.2, 0.25) is 0 Å². The Balaban J connectivity index is 2.71. The molecule has 1 aliphatic rings. The summed E-state index contributed by atoms with van der Waals surface area (Å²) >= 11 is 0. The lowest BCUT2D eigenvalue weighted by Gasteiger charge is -2.30. The van der Waals surface area contributed by atoms with Crippen molar-refractivity contribution >= 4 is 11.9 Å². The van der Waals surface area contributed by atoms with Crippen LogP contribution in [-0.2, 0) is 29.1 Å². The molecule has 0 amide bonds. The molecule has 1 saturated heterocycles. The van der Waals surface area contributed by atoms with Crippen molar-refractivity contribution < 1.29 is 29.1 Å². The Hall–Kier alpha value is -1.14. The van der Waals surface area contributed by atoms with Crippen LogP contribution in [0.15, 0.2) is 0 Å². The van der Waals surface area contributed by atoms with Crippen LogP contribution in [0.5, 0.6) is 0 Å². The van der Waals surface area contributed by atoms with Crippen LogP contribution in [0, 0.1) is 5.41 Å².